The van der Waals surface area contributed by atoms with Crippen molar-refractivity contribution in [1.29, 1.82) is 0 Å². The standard InChI is InChI=1S/C11H18Cl2F3S/c12-10(13)6-2-1-4-8-17-9-5-3-7-11(14,15)16/h5,10H,1-4,6-9H2. The molecule has 0 aliphatic rings. The quantitative estimate of drug-likeness (QED) is 0.372. The zero-order valence-electron chi connectivity index (χ0n) is 9.61. The lowest BCUT2D eigenvalue weighted by molar-refractivity contribution is -0.134. The predicted molar refractivity (Wildman–Crippen MR) is 70.9 cm³/mol. The van der Waals surface area contributed by atoms with E-state index in [1.807, 2.05) is 0 Å². The van der Waals surface area contributed by atoms with Gasteiger partial charge in [-0.3, -0.25) is 0 Å². The van der Waals surface area contributed by atoms with Gasteiger partial charge >= 0.3 is 6.18 Å². The van der Waals surface area contributed by atoms with E-state index in [0.29, 0.717) is 5.75 Å². The Morgan fingerprint density at radius 3 is 2.41 bits per heavy atom. The summed E-state index contributed by atoms with van der Waals surface area (Å²) < 4.78 is 35.4. The molecule has 0 saturated heterocycles. The Bertz CT molecular complexity index is 175. The van der Waals surface area contributed by atoms with E-state index in [1.54, 1.807) is 18.2 Å². The minimum absolute atomic E-state index is 0.122. The van der Waals surface area contributed by atoms with E-state index in [2.05, 4.69) is 0 Å². The summed E-state index contributed by atoms with van der Waals surface area (Å²) in [5, 5.41) is 0. The third-order valence-corrected chi connectivity index (χ3v) is 3.56. The molecular formula is C11H18Cl2F3S. The number of rotatable bonds is 10. The zero-order chi connectivity index (χ0) is 13.1. The van der Waals surface area contributed by atoms with E-state index in [0.717, 1.165) is 31.4 Å². The molecule has 0 N–H and O–H groups in total. The zero-order valence-corrected chi connectivity index (χ0v) is 11.9. The van der Waals surface area contributed by atoms with Crippen LogP contribution in [0.3, 0.4) is 0 Å². The number of alkyl halides is 5. The lowest BCUT2D eigenvalue weighted by atomic mass is 10.2. The van der Waals surface area contributed by atoms with Gasteiger partial charge in [0, 0.05) is 6.42 Å². The Balaban J connectivity index is 3.04. The fraction of sp³-hybridized carbons (Fsp3) is 0.909. The number of halogens is 5. The van der Waals surface area contributed by atoms with Crippen LogP contribution in [0, 0.1) is 6.42 Å². The molecule has 0 fully saturated rings. The van der Waals surface area contributed by atoms with E-state index in [1.165, 1.54) is 0 Å². The van der Waals surface area contributed by atoms with E-state index < -0.39 is 12.6 Å². The minimum atomic E-state index is -4.03. The number of thioether (sulfide) groups is 1. The van der Waals surface area contributed by atoms with Crippen molar-refractivity contribution in [3.05, 3.63) is 6.42 Å². The van der Waals surface area contributed by atoms with Crippen molar-refractivity contribution in [2.24, 2.45) is 0 Å². The van der Waals surface area contributed by atoms with Crippen LogP contribution in [0.25, 0.3) is 0 Å². The largest absolute Gasteiger partial charge is 0.389 e. The third kappa shape index (κ3) is 16.7. The van der Waals surface area contributed by atoms with Crippen LogP contribution < -0.4 is 0 Å². The van der Waals surface area contributed by atoms with Crippen LogP contribution in [-0.4, -0.2) is 22.5 Å². The summed E-state index contributed by atoms with van der Waals surface area (Å²) in [5.74, 6) is 1.68. The molecule has 0 aliphatic carbocycles. The van der Waals surface area contributed by atoms with E-state index in [-0.39, 0.29) is 11.3 Å². The van der Waals surface area contributed by atoms with Crippen LogP contribution in [0.4, 0.5) is 13.2 Å². The van der Waals surface area contributed by atoms with Gasteiger partial charge in [0.1, 0.15) is 4.84 Å². The molecule has 0 unspecified atom stereocenters. The first kappa shape index (κ1) is 17.7. The van der Waals surface area contributed by atoms with E-state index in [9.17, 15) is 13.2 Å². The molecule has 0 atom stereocenters. The van der Waals surface area contributed by atoms with E-state index in [4.69, 9.17) is 23.2 Å². The Kier molecular flexibility index (Phi) is 11.1. The monoisotopic (exact) mass is 309 g/mol. The average molecular weight is 310 g/mol. The summed E-state index contributed by atoms with van der Waals surface area (Å²) in [6, 6.07) is 0. The minimum Gasteiger partial charge on any atom is -0.171 e. The molecule has 0 amide bonds. The molecule has 0 bridgehead atoms. The SMILES string of the molecule is FC(F)(F)CC[CH]CSCCCCCC(Cl)Cl. The topological polar surface area (TPSA) is 0 Å². The predicted octanol–water partition coefficient (Wildman–Crippen LogP) is 5.63. The summed E-state index contributed by atoms with van der Waals surface area (Å²) in [5.41, 5.74) is 0. The van der Waals surface area contributed by atoms with Crippen LogP contribution in [0.2, 0.25) is 0 Å². The van der Waals surface area contributed by atoms with Crippen molar-refractivity contribution >= 4 is 35.0 Å². The van der Waals surface area contributed by atoms with Gasteiger partial charge in [-0.05, 0) is 37.2 Å². The molecule has 103 valence electrons. The summed E-state index contributed by atoms with van der Waals surface area (Å²) in [6.45, 7) is 0. The lowest BCUT2D eigenvalue weighted by Crippen LogP contribution is -2.06. The molecule has 0 nitrogen and oxygen atoms in total. The Morgan fingerprint density at radius 1 is 1.12 bits per heavy atom. The van der Waals surface area contributed by atoms with Gasteiger partial charge in [0.05, 0.1) is 0 Å². The number of unbranched alkanes of at least 4 members (excludes halogenated alkanes) is 3. The first-order chi connectivity index (χ1) is 7.92. The number of hydrogen-bond acceptors (Lipinski definition) is 1. The highest BCUT2D eigenvalue weighted by atomic mass is 35.5. The number of hydrogen-bond donors (Lipinski definition) is 0. The molecule has 0 aliphatic heterocycles. The van der Waals surface area contributed by atoms with E-state index >= 15 is 0 Å². The Hall–Kier alpha value is 0.720. The van der Waals surface area contributed by atoms with Gasteiger partial charge in [0.25, 0.3) is 0 Å². The average Bonchev–Trinajstić information content (AvgIpc) is 2.18. The Morgan fingerprint density at radius 2 is 1.82 bits per heavy atom. The van der Waals surface area contributed by atoms with Crippen molar-refractivity contribution in [2.75, 3.05) is 11.5 Å². The molecule has 0 rings (SSSR count). The van der Waals surface area contributed by atoms with Gasteiger partial charge in [0.2, 0.25) is 0 Å². The maximum absolute atomic E-state index is 11.8. The molecule has 17 heavy (non-hydrogen) atoms. The van der Waals surface area contributed by atoms with Crippen LogP contribution >= 0.6 is 35.0 Å². The van der Waals surface area contributed by atoms with Crippen molar-refractivity contribution in [2.45, 2.75) is 49.5 Å². The second-order valence-electron chi connectivity index (χ2n) is 3.76. The van der Waals surface area contributed by atoms with Gasteiger partial charge in [-0.2, -0.15) is 24.9 Å². The molecule has 1 radical (unpaired) electrons. The molecule has 0 spiro atoms. The van der Waals surface area contributed by atoms with Gasteiger partial charge in [-0.25, -0.2) is 0 Å². The van der Waals surface area contributed by atoms with Crippen molar-refractivity contribution < 1.29 is 13.2 Å². The van der Waals surface area contributed by atoms with Crippen LogP contribution in [0.5, 0.6) is 0 Å². The summed E-state index contributed by atoms with van der Waals surface area (Å²) in [4.78, 5) is -0.279. The molecular weight excluding hydrogens is 292 g/mol. The maximum Gasteiger partial charge on any atom is 0.389 e. The fourth-order valence-electron chi connectivity index (χ4n) is 1.20. The van der Waals surface area contributed by atoms with Crippen molar-refractivity contribution in [3.63, 3.8) is 0 Å². The highest BCUT2D eigenvalue weighted by Crippen LogP contribution is 2.22. The summed E-state index contributed by atoms with van der Waals surface area (Å²) >= 11 is 12.8. The van der Waals surface area contributed by atoms with Gasteiger partial charge in [-0.15, -0.1) is 23.2 Å². The second kappa shape index (κ2) is 10.6. The van der Waals surface area contributed by atoms with Crippen LogP contribution in [0.1, 0.15) is 38.5 Å². The highest BCUT2D eigenvalue weighted by Gasteiger charge is 2.25. The first-order valence-electron chi connectivity index (χ1n) is 5.66. The third-order valence-electron chi connectivity index (χ3n) is 2.08. The van der Waals surface area contributed by atoms with Gasteiger partial charge < -0.3 is 0 Å². The van der Waals surface area contributed by atoms with Crippen molar-refractivity contribution in [3.8, 4) is 0 Å². The molecule has 0 saturated carbocycles. The maximum atomic E-state index is 11.8. The summed E-state index contributed by atoms with van der Waals surface area (Å²) in [7, 11) is 0. The summed E-state index contributed by atoms with van der Waals surface area (Å²) in [6.07, 6.45) is 1.05. The van der Waals surface area contributed by atoms with Crippen molar-refractivity contribution in [1.82, 2.24) is 0 Å². The first-order valence-corrected chi connectivity index (χ1v) is 7.69. The smallest absolute Gasteiger partial charge is 0.171 e. The molecule has 0 aromatic heterocycles. The Labute approximate surface area is 116 Å². The molecule has 0 heterocycles. The van der Waals surface area contributed by atoms with Crippen LogP contribution in [0.15, 0.2) is 0 Å². The van der Waals surface area contributed by atoms with Gasteiger partial charge in [-0.1, -0.05) is 12.8 Å². The molecule has 6 heteroatoms. The normalized spacial score (nSPS) is 12.4. The lowest BCUT2D eigenvalue weighted by Gasteiger charge is -2.05. The molecule has 0 aromatic carbocycles. The molecule has 0 aromatic rings. The van der Waals surface area contributed by atoms with Crippen LogP contribution in [-0.2, 0) is 0 Å². The fourth-order valence-corrected chi connectivity index (χ4v) is 2.41. The van der Waals surface area contributed by atoms with Gasteiger partial charge in [0.15, 0.2) is 0 Å². The highest BCUT2D eigenvalue weighted by molar-refractivity contribution is 7.99. The second-order valence-corrected chi connectivity index (χ2v) is 6.18.